The minimum atomic E-state index is -3.40. The third-order valence-electron chi connectivity index (χ3n) is 3.05. The van der Waals surface area contributed by atoms with Gasteiger partial charge in [-0.1, -0.05) is 11.6 Å². The van der Waals surface area contributed by atoms with E-state index in [0.29, 0.717) is 21.1 Å². The largest absolute Gasteiger partial charge is 0.314 e. The molecule has 0 radical (unpaired) electrons. The standard InChI is InChI=1S/C11H17ClN2O2S2.ClH/c1-8-7-10(17-11(8)12)18(15,16)14-6-4-9-3-2-5-13-9;/h7,9,13-14H,2-6H2,1H3;1H/t9-;/m1./s1. The molecule has 0 amide bonds. The van der Waals surface area contributed by atoms with Crippen molar-refractivity contribution in [1.29, 1.82) is 0 Å². The monoisotopic (exact) mass is 344 g/mol. The number of halogens is 2. The zero-order valence-electron chi connectivity index (χ0n) is 10.6. The number of nitrogens with one attached hydrogen (secondary N) is 2. The summed E-state index contributed by atoms with van der Waals surface area (Å²) in [6, 6.07) is 2.06. The lowest BCUT2D eigenvalue weighted by molar-refractivity contribution is 0.540. The second kappa shape index (κ2) is 7.24. The zero-order chi connectivity index (χ0) is 13.2. The molecule has 0 aromatic carbocycles. The molecule has 8 heteroatoms. The van der Waals surface area contributed by atoms with Crippen molar-refractivity contribution in [2.24, 2.45) is 0 Å². The van der Waals surface area contributed by atoms with Gasteiger partial charge in [0.1, 0.15) is 4.21 Å². The molecule has 1 aromatic rings. The van der Waals surface area contributed by atoms with Crippen LogP contribution in [0.4, 0.5) is 0 Å². The highest BCUT2D eigenvalue weighted by molar-refractivity contribution is 7.91. The van der Waals surface area contributed by atoms with E-state index in [4.69, 9.17) is 11.6 Å². The van der Waals surface area contributed by atoms with Crippen molar-refractivity contribution in [3.8, 4) is 0 Å². The van der Waals surface area contributed by atoms with Crippen LogP contribution < -0.4 is 10.0 Å². The Hall–Kier alpha value is 0.150. The SMILES string of the molecule is Cc1cc(S(=O)(=O)NCC[C@H]2CCCN2)sc1Cl.Cl. The molecule has 0 spiro atoms. The molecule has 0 aliphatic carbocycles. The Bertz CT molecular complexity index is 491. The molecule has 1 saturated heterocycles. The van der Waals surface area contributed by atoms with Crippen molar-refractivity contribution in [3.63, 3.8) is 0 Å². The van der Waals surface area contributed by atoms with Crippen molar-refractivity contribution >= 4 is 45.4 Å². The first kappa shape index (κ1) is 17.2. The highest BCUT2D eigenvalue weighted by Gasteiger charge is 2.19. The van der Waals surface area contributed by atoms with Crippen molar-refractivity contribution in [1.82, 2.24) is 10.0 Å². The van der Waals surface area contributed by atoms with E-state index in [-0.39, 0.29) is 12.4 Å². The summed E-state index contributed by atoms with van der Waals surface area (Å²) in [5, 5.41) is 3.34. The van der Waals surface area contributed by atoms with E-state index in [1.165, 1.54) is 6.42 Å². The van der Waals surface area contributed by atoms with Gasteiger partial charge in [0.2, 0.25) is 10.0 Å². The lowest BCUT2D eigenvalue weighted by Crippen LogP contribution is -2.30. The quantitative estimate of drug-likeness (QED) is 0.862. The van der Waals surface area contributed by atoms with Gasteiger partial charge >= 0.3 is 0 Å². The Kier molecular flexibility index (Phi) is 6.56. The predicted octanol–water partition coefficient (Wildman–Crippen LogP) is 2.55. The van der Waals surface area contributed by atoms with E-state index in [0.717, 1.165) is 36.3 Å². The van der Waals surface area contributed by atoms with Crippen LogP contribution in [0.25, 0.3) is 0 Å². The maximum Gasteiger partial charge on any atom is 0.250 e. The molecule has 1 atom stereocenters. The Morgan fingerprint density at radius 2 is 2.32 bits per heavy atom. The molecule has 4 nitrogen and oxygen atoms in total. The Balaban J connectivity index is 0.00000180. The normalized spacial score (nSPS) is 19.4. The van der Waals surface area contributed by atoms with Crippen LogP contribution in [0.2, 0.25) is 4.34 Å². The van der Waals surface area contributed by atoms with Gasteiger partial charge in [0.05, 0.1) is 4.34 Å². The molecule has 110 valence electrons. The van der Waals surface area contributed by atoms with Crippen LogP contribution in [0.3, 0.4) is 0 Å². The van der Waals surface area contributed by atoms with Crippen LogP contribution in [0, 0.1) is 6.92 Å². The van der Waals surface area contributed by atoms with Crippen LogP contribution in [0.15, 0.2) is 10.3 Å². The summed E-state index contributed by atoms with van der Waals surface area (Å²) in [5.74, 6) is 0. The van der Waals surface area contributed by atoms with Gasteiger partial charge in [0.15, 0.2) is 0 Å². The topological polar surface area (TPSA) is 58.2 Å². The van der Waals surface area contributed by atoms with Crippen molar-refractivity contribution in [2.75, 3.05) is 13.1 Å². The van der Waals surface area contributed by atoms with Crippen molar-refractivity contribution in [2.45, 2.75) is 36.4 Å². The van der Waals surface area contributed by atoms with Crippen LogP contribution in [-0.2, 0) is 10.0 Å². The lowest BCUT2D eigenvalue weighted by Gasteiger charge is -2.10. The molecule has 1 fully saturated rings. The van der Waals surface area contributed by atoms with E-state index in [9.17, 15) is 8.42 Å². The van der Waals surface area contributed by atoms with Crippen molar-refractivity contribution < 1.29 is 8.42 Å². The first-order chi connectivity index (χ1) is 8.49. The molecular weight excluding hydrogens is 327 g/mol. The number of hydrogen-bond acceptors (Lipinski definition) is 4. The Labute approximate surface area is 129 Å². The van der Waals surface area contributed by atoms with Crippen molar-refractivity contribution in [3.05, 3.63) is 16.0 Å². The summed E-state index contributed by atoms with van der Waals surface area (Å²) < 4.78 is 27.4. The second-order valence-corrected chi connectivity index (χ2v) is 8.15. The van der Waals surface area contributed by atoms with Gasteiger partial charge in [-0.3, -0.25) is 0 Å². The summed E-state index contributed by atoms with van der Waals surface area (Å²) in [7, 11) is -3.40. The van der Waals surface area contributed by atoms with E-state index >= 15 is 0 Å². The number of hydrogen-bond donors (Lipinski definition) is 2. The second-order valence-electron chi connectivity index (χ2n) is 4.50. The minimum absolute atomic E-state index is 0. The molecular formula is C11H18Cl2N2O2S2. The fraction of sp³-hybridized carbons (Fsp3) is 0.636. The molecule has 2 heterocycles. The van der Waals surface area contributed by atoms with E-state index in [1.807, 2.05) is 0 Å². The Morgan fingerprint density at radius 3 is 2.84 bits per heavy atom. The van der Waals surface area contributed by atoms with E-state index in [2.05, 4.69) is 10.0 Å². The Morgan fingerprint density at radius 1 is 1.58 bits per heavy atom. The molecule has 1 aliphatic rings. The third-order valence-corrected chi connectivity index (χ3v) is 6.54. The van der Waals surface area contributed by atoms with E-state index < -0.39 is 10.0 Å². The number of rotatable bonds is 5. The first-order valence-corrected chi connectivity index (χ1v) is 8.66. The molecule has 0 unspecified atom stereocenters. The molecule has 1 aromatic heterocycles. The van der Waals surface area contributed by atoms with Gasteiger partial charge in [-0.05, 0) is 44.4 Å². The smallest absolute Gasteiger partial charge is 0.250 e. The van der Waals surface area contributed by atoms with Gasteiger partial charge in [0.25, 0.3) is 0 Å². The zero-order valence-corrected chi connectivity index (χ0v) is 13.8. The molecule has 2 rings (SSSR count). The van der Waals surface area contributed by atoms with Gasteiger partial charge in [-0.25, -0.2) is 13.1 Å². The third kappa shape index (κ3) is 4.58. The number of aryl methyl sites for hydroxylation is 1. The average Bonchev–Trinajstić information content (AvgIpc) is 2.90. The highest BCUT2D eigenvalue weighted by Crippen LogP contribution is 2.29. The summed E-state index contributed by atoms with van der Waals surface area (Å²) >= 11 is 6.99. The van der Waals surface area contributed by atoms with Gasteiger partial charge < -0.3 is 5.32 Å². The fourth-order valence-corrected chi connectivity index (χ4v) is 4.81. The van der Waals surface area contributed by atoms with Crippen LogP contribution in [0.5, 0.6) is 0 Å². The summed E-state index contributed by atoms with van der Waals surface area (Å²) in [4.78, 5) is 0. The summed E-state index contributed by atoms with van der Waals surface area (Å²) in [6.07, 6.45) is 3.14. The summed E-state index contributed by atoms with van der Waals surface area (Å²) in [5.41, 5.74) is 0.805. The molecule has 0 saturated carbocycles. The van der Waals surface area contributed by atoms with Gasteiger partial charge in [-0.15, -0.1) is 23.7 Å². The van der Waals surface area contributed by atoms with Gasteiger partial charge in [0, 0.05) is 12.6 Å². The molecule has 1 aliphatic heterocycles. The lowest BCUT2D eigenvalue weighted by atomic mass is 10.2. The predicted molar refractivity (Wildman–Crippen MR) is 82.1 cm³/mol. The maximum absolute atomic E-state index is 12.0. The average molecular weight is 345 g/mol. The maximum atomic E-state index is 12.0. The molecule has 19 heavy (non-hydrogen) atoms. The molecule has 2 N–H and O–H groups in total. The number of sulfonamides is 1. The van der Waals surface area contributed by atoms with Crippen LogP contribution >= 0.6 is 35.3 Å². The van der Waals surface area contributed by atoms with Crippen LogP contribution in [-0.4, -0.2) is 27.5 Å². The first-order valence-electron chi connectivity index (χ1n) is 5.98. The summed E-state index contributed by atoms with van der Waals surface area (Å²) in [6.45, 7) is 3.31. The van der Waals surface area contributed by atoms with Gasteiger partial charge in [-0.2, -0.15) is 0 Å². The van der Waals surface area contributed by atoms with Crippen LogP contribution in [0.1, 0.15) is 24.8 Å². The highest BCUT2D eigenvalue weighted by atomic mass is 35.5. The number of thiophene rings is 1. The van der Waals surface area contributed by atoms with E-state index in [1.54, 1.807) is 13.0 Å². The fourth-order valence-electron chi connectivity index (χ4n) is 2.01. The minimum Gasteiger partial charge on any atom is -0.314 e. The molecule has 0 bridgehead atoms.